The van der Waals surface area contributed by atoms with Gasteiger partial charge in [0.15, 0.2) is 5.76 Å². The zero-order valence-electron chi connectivity index (χ0n) is 10.2. The van der Waals surface area contributed by atoms with Crippen molar-refractivity contribution < 1.29 is 28.2 Å². The molecule has 0 aliphatic heterocycles. The molecule has 0 bridgehead atoms. The van der Waals surface area contributed by atoms with Crippen LogP contribution < -0.4 is 0 Å². The number of aliphatic carboxylic acids is 1. The lowest BCUT2D eigenvalue weighted by molar-refractivity contribution is -0.133. The van der Waals surface area contributed by atoms with Crippen molar-refractivity contribution in [2.24, 2.45) is 5.92 Å². The van der Waals surface area contributed by atoms with E-state index in [1.54, 1.807) is 0 Å². The van der Waals surface area contributed by atoms with E-state index in [0.29, 0.717) is 23.2 Å². The zero-order chi connectivity index (χ0) is 14.2. The number of carboxylic acid groups (broad SMARTS) is 1. The first-order valence-corrected chi connectivity index (χ1v) is 7.52. The third-order valence-corrected chi connectivity index (χ3v) is 5.32. The smallest absolute Gasteiger partial charge is 0.332 e. The first-order valence-electron chi connectivity index (χ1n) is 6.02. The van der Waals surface area contributed by atoms with Crippen LogP contribution in [0.5, 0.6) is 0 Å². The predicted octanol–water partition coefficient (Wildman–Crippen LogP) is 0.244. The summed E-state index contributed by atoms with van der Waals surface area (Å²) < 4.78 is 24.9. The third kappa shape index (κ3) is 3.25. The summed E-state index contributed by atoms with van der Waals surface area (Å²) in [6, 6.07) is 0. The van der Waals surface area contributed by atoms with Gasteiger partial charge in [-0.1, -0.05) is 0 Å². The second kappa shape index (κ2) is 4.84. The SMILES string of the molecule is O=C(O)/C=C(\O)C(=O)N(CC1CC1)S(=O)(=O)C1CC1. The molecule has 0 aromatic carbocycles. The molecule has 0 aromatic rings. The minimum atomic E-state index is -3.77. The fraction of sp³-hybridized carbons (Fsp3) is 0.636. The monoisotopic (exact) mass is 289 g/mol. The Hall–Kier alpha value is -1.57. The van der Waals surface area contributed by atoms with Gasteiger partial charge in [-0.05, 0) is 31.6 Å². The van der Waals surface area contributed by atoms with Gasteiger partial charge in [0.2, 0.25) is 10.0 Å². The average molecular weight is 289 g/mol. The fourth-order valence-electron chi connectivity index (χ4n) is 1.69. The molecule has 106 valence electrons. The molecule has 8 heteroatoms. The first kappa shape index (κ1) is 13.9. The molecule has 0 heterocycles. The summed E-state index contributed by atoms with van der Waals surface area (Å²) in [7, 11) is -3.77. The molecule has 2 N–H and O–H groups in total. The van der Waals surface area contributed by atoms with Crippen LogP contribution in [0, 0.1) is 5.92 Å². The highest BCUT2D eigenvalue weighted by atomic mass is 32.2. The van der Waals surface area contributed by atoms with Crippen LogP contribution in [0.2, 0.25) is 0 Å². The summed E-state index contributed by atoms with van der Waals surface area (Å²) in [4.78, 5) is 22.3. The largest absolute Gasteiger partial charge is 0.503 e. The predicted molar refractivity (Wildman–Crippen MR) is 64.7 cm³/mol. The van der Waals surface area contributed by atoms with E-state index in [9.17, 15) is 23.1 Å². The van der Waals surface area contributed by atoms with E-state index < -0.39 is 32.9 Å². The van der Waals surface area contributed by atoms with Crippen LogP contribution in [0.3, 0.4) is 0 Å². The number of hydrogen-bond acceptors (Lipinski definition) is 5. The number of rotatable bonds is 6. The van der Waals surface area contributed by atoms with Gasteiger partial charge in [0.05, 0.1) is 11.3 Å². The average Bonchev–Trinajstić information content (AvgIpc) is 3.15. The summed E-state index contributed by atoms with van der Waals surface area (Å²) in [5, 5.41) is 17.3. The third-order valence-electron chi connectivity index (χ3n) is 3.08. The standard InChI is InChI=1S/C11H15NO6S/c13-9(5-10(14)15)11(16)12(6-7-1-2-7)19(17,18)8-3-4-8/h5,7-8,13H,1-4,6H2,(H,14,15)/b9-5-. The number of sulfonamides is 1. The molecular formula is C11H15NO6S. The van der Waals surface area contributed by atoms with Gasteiger partial charge in [-0.2, -0.15) is 0 Å². The number of aliphatic hydroxyl groups excluding tert-OH is 1. The summed E-state index contributed by atoms with van der Waals surface area (Å²) in [6.07, 6.45) is 2.99. The lowest BCUT2D eigenvalue weighted by atomic mass is 10.3. The Bertz CT molecular complexity index is 529. The molecule has 2 aliphatic carbocycles. The Morgan fingerprint density at radius 2 is 1.74 bits per heavy atom. The number of amides is 1. The number of aliphatic hydroxyl groups is 1. The number of carbonyl (C=O) groups is 2. The van der Waals surface area contributed by atoms with E-state index in [2.05, 4.69) is 0 Å². The lowest BCUT2D eigenvalue weighted by Crippen LogP contribution is -2.41. The number of carbonyl (C=O) groups excluding carboxylic acids is 1. The highest BCUT2D eigenvalue weighted by Gasteiger charge is 2.44. The Morgan fingerprint density at radius 3 is 2.16 bits per heavy atom. The van der Waals surface area contributed by atoms with Gasteiger partial charge in [-0.25, -0.2) is 17.5 Å². The molecule has 7 nitrogen and oxygen atoms in total. The molecule has 2 saturated carbocycles. The maximum atomic E-state index is 12.1. The molecule has 2 aliphatic rings. The molecule has 2 rings (SSSR count). The highest BCUT2D eigenvalue weighted by Crippen LogP contribution is 2.36. The molecule has 1 amide bonds. The quantitative estimate of drug-likeness (QED) is 0.535. The van der Waals surface area contributed by atoms with Crippen LogP contribution in [0.25, 0.3) is 0 Å². The topological polar surface area (TPSA) is 112 Å². The van der Waals surface area contributed by atoms with E-state index in [1.807, 2.05) is 0 Å². The van der Waals surface area contributed by atoms with Crippen LogP contribution in [-0.4, -0.2) is 46.6 Å². The normalized spacial score (nSPS) is 20.1. The molecule has 2 fully saturated rings. The van der Waals surface area contributed by atoms with E-state index in [4.69, 9.17) is 5.11 Å². The van der Waals surface area contributed by atoms with Crippen LogP contribution >= 0.6 is 0 Å². The second-order valence-electron chi connectivity index (χ2n) is 4.89. The van der Waals surface area contributed by atoms with Gasteiger partial charge in [0.1, 0.15) is 0 Å². The van der Waals surface area contributed by atoms with Crippen molar-refractivity contribution in [2.75, 3.05) is 6.54 Å². The van der Waals surface area contributed by atoms with Gasteiger partial charge >= 0.3 is 11.9 Å². The fourth-order valence-corrected chi connectivity index (χ4v) is 3.52. The number of nitrogens with zero attached hydrogens (tertiary/aromatic N) is 1. The van der Waals surface area contributed by atoms with Gasteiger partial charge < -0.3 is 10.2 Å². The maximum absolute atomic E-state index is 12.1. The number of carboxylic acids is 1. The Kier molecular flexibility index (Phi) is 3.53. The van der Waals surface area contributed by atoms with E-state index in [1.165, 1.54) is 0 Å². The Labute approximate surface area is 110 Å². The van der Waals surface area contributed by atoms with Crippen molar-refractivity contribution in [3.63, 3.8) is 0 Å². The minimum absolute atomic E-state index is 0.0230. The van der Waals surface area contributed by atoms with Crippen LogP contribution in [0.4, 0.5) is 0 Å². The van der Waals surface area contributed by atoms with Crippen molar-refractivity contribution >= 4 is 21.9 Å². The Balaban J connectivity index is 2.21. The van der Waals surface area contributed by atoms with Gasteiger partial charge in [-0.3, -0.25) is 4.79 Å². The maximum Gasteiger partial charge on any atom is 0.332 e. The summed E-state index contributed by atoms with van der Waals surface area (Å²) in [5.41, 5.74) is 0. The molecule has 0 unspecified atom stereocenters. The summed E-state index contributed by atoms with van der Waals surface area (Å²) in [5.74, 6) is -3.59. The first-order chi connectivity index (χ1) is 8.82. The molecule has 0 spiro atoms. The molecule has 0 aromatic heterocycles. The van der Waals surface area contributed by atoms with Crippen LogP contribution in [0.1, 0.15) is 25.7 Å². The van der Waals surface area contributed by atoms with Gasteiger partial charge in [0.25, 0.3) is 0 Å². The minimum Gasteiger partial charge on any atom is -0.503 e. The number of hydrogen-bond donors (Lipinski definition) is 2. The van der Waals surface area contributed by atoms with Crippen LogP contribution in [0.15, 0.2) is 11.8 Å². The highest BCUT2D eigenvalue weighted by molar-refractivity contribution is 7.90. The van der Waals surface area contributed by atoms with Crippen molar-refractivity contribution in [2.45, 2.75) is 30.9 Å². The van der Waals surface area contributed by atoms with Gasteiger partial charge in [-0.15, -0.1) is 0 Å². The molecule has 0 atom stereocenters. The zero-order valence-corrected chi connectivity index (χ0v) is 11.0. The van der Waals surface area contributed by atoms with Gasteiger partial charge in [0, 0.05) is 6.54 Å². The van der Waals surface area contributed by atoms with E-state index in [-0.39, 0.29) is 12.5 Å². The molecule has 0 radical (unpaired) electrons. The van der Waals surface area contributed by atoms with Crippen LogP contribution in [-0.2, 0) is 19.6 Å². The molecular weight excluding hydrogens is 274 g/mol. The van der Waals surface area contributed by atoms with Crippen molar-refractivity contribution in [1.82, 2.24) is 4.31 Å². The molecule has 0 saturated heterocycles. The second-order valence-corrected chi connectivity index (χ2v) is 7.03. The summed E-state index contributed by atoms with van der Waals surface area (Å²) >= 11 is 0. The van der Waals surface area contributed by atoms with Crippen molar-refractivity contribution in [3.8, 4) is 0 Å². The van der Waals surface area contributed by atoms with E-state index >= 15 is 0 Å². The van der Waals surface area contributed by atoms with E-state index in [0.717, 1.165) is 12.8 Å². The Morgan fingerprint density at radius 1 is 1.16 bits per heavy atom. The van der Waals surface area contributed by atoms with Crippen molar-refractivity contribution in [1.29, 1.82) is 0 Å². The summed E-state index contributed by atoms with van der Waals surface area (Å²) in [6.45, 7) is 0.0230. The van der Waals surface area contributed by atoms with Crippen molar-refractivity contribution in [3.05, 3.63) is 11.8 Å². The lowest BCUT2D eigenvalue weighted by Gasteiger charge is -2.21. The molecule has 19 heavy (non-hydrogen) atoms.